The van der Waals surface area contributed by atoms with Crippen molar-refractivity contribution in [1.82, 2.24) is 0 Å². The van der Waals surface area contributed by atoms with Gasteiger partial charge < -0.3 is 15.3 Å². The molecule has 0 saturated carbocycles. The second kappa shape index (κ2) is 4.79. The Bertz CT molecular complexity index is 305. The summed E-state index contributed by atoms with van der Waals surface area (Å²) in [5.41, 5.74) is 6.62. The molecule has 0 radical (unpaired) electrons. The van der Waals surface area contributed by atoms with Gasteiger partial charge in [0.1, 0.15) is 5.75 Å². The van der Waals surface area contributed by atoms with Crippen molar-refractivity contribution in [3.05, 3.63) is 29.8 Å². The van der Waals surface area contributed by atoms with Crippen molar-refractivity contribution < 1.29 is 9.53 Å². The third-order valence-electron chi connectivity index (χ3n) is 1.93. The van der Waals surface area contributed by atoms with E-state index in [1.165, 1.54) is 0 Å². The molecule has 0 heterocycles. The molecular formula is C11H19NO2Si. The van der Waals surface area contributed by atoms with Gasteiger partial charge in [0.15, 0.2) is 0 Å². The molecule has 3 nitrogen and oxygen atoms in total. The zero-order chi connectivity index (χ0) is 11.5. The summed E-state index contributed by atoms with van der Waals surface area (Å²) >= 11 is 0. The lowest BCUT2D eigenvalue weighted by molar-refractivity contribution is 0.268. The van der Waals surface area contributed by atoms with Crippen molar-refractivity contribution >= 4 is 8.32 Å². The Morgan fingerprint density at radius 3 is 2.20 bits per heavy atom. The van der Waals surface area contributed by atoms with Crippen molar-refractivity contribution in [2.45, 2.75) is 25.7 Å². The monoisotopic (exact) mass is 225 g/mol. The molecule has 1 atom stereocenters. The fourth-order valence-corrected chi connectivity index (χ4v) is 2.09. The Labute approximate surface area is 92.0 Å². The maximum Gasteiger partial charge on any atom is 0.242 e. The summed E-state index contributed by atoms with van der Waals surface area (Å²) < 4.78 is 5.81. The Morgan fingerprint density at radius 1 is 1.27 bits per heavy atom. The van der Waals surface area contributed by atoms with Crippen LogP contribution in [0.1, 0.15) is 11.6 Å². The second-order valence-electron chi connectivity index (χ2n) is 4.57. The third-order valence-corrected chi connectivity index (χ3v) is 2.78. The van der Waals surface area contributed by atoms with Gasteiger partial charge in [0.25, 0.3) is 0 Å². The van der Waals surface area contributed by atoms with Crippen LogP contribution in [-0.2, 0) is 0 Å². The second-order valence-corrected chi connectivity index (χ2v) is 9.00. The van der Waals surface area contributed by atoms with Crippen LogP contribution in [0.15, 0.2) is 24.3 Å². The van der Waals surface area contributed by atoms with E-state index in [4.69, 9.17) is 15.3 Å². The number of aliphatic hydroxyl groups excluding tert-OH is 1. The van der Waals surface area contributed by atoms with Crippen LogP contribution >= 0.6 is 0 Å². The van der Waals surface area contributed by atoms with Gasteiger partial charge >= 0.3 is 0 Å². The molecule has 1 rings (SSSR count). The van der Waals surface area contributed by atoms with E-state index in [-0.39, 0.29) is 12.6 Å². The van der Waals surface area contributed by atoms with E-state index in [1.54, 1.807) is 0 Å². The molecule has 3 N–H and O–H groups in total. The molecule has 0 unspecified atom stereocenters. The minimum Gasteiger partial charge on any atom is -0.544 e. The largest absolute Gasteiger partial charge is 0.544 e. The van der Waals surface area contributed by atoms with Crippen molar-refractivity contribution in [3.63, 3.8) is 0 Å². The lowest BCUT2D eigenvalue weighted by Crippen LogP contribution is -2.29. The molecule has 15 heavy (non-hydrogen) atoms. The summed E-state index contributed by atoms with van der Waals surface area (Å²) in [7, 11) is -1.53. The summed E-state index contributed by atoms with van der Waals surface area (Å²) in [6.07, 6.45) is 0. The van der Waals surface area contributed by atoms with E-state index in [1.807, 2.05) is 24.3 Å². The van der Waals surface area contributed by atoms with E-state index < -0.39 is 8.32 Å². The van der Waals surface area contributed by atoms with Gasteiger partial charge in [-0.1, -0.05) is 12.1 Å². The SMILES string of the molecule is C[Si](C)(C)Oc1ccc([C@@H](N)CO)cc1. The molecule has 0 aromatic heterocycles. The molecule has 4 heteroatoms. The number of nitrogens with two attached hydrogens (primary N) is 1. The quantitative estimate of drug-likeness (QED) is 0.769. The highest BCUT2D eigenvalue weighted by Crippen LogP contribution is 2.19. The highest BCUT2D eigenvalue weighted by Gasteiger charge is 2.16. The molecule has 1 aromatic rings. The number of hydrogen-bond acceptors (Lipinski definition) is 3. The standard InChI is InChI=1S/C11H19NO2Si/c1-15(2,3)14-10-6-4-9(5-7-10)11(12)8-13/h4-7,11,13H,8,12H2,1-3H3/t11-/m0/s1. The van der Waals surface area contributed by atoms with Gasteiger partial charge in [-0.2, -0.15) is 0 Å². The minimum absolute atomic E-state index is 0.0335. The van der Waals surface area contributed by atoms with Crippen LogP contribution in [-0.4, -0.2) is 20.0 Å². The van der Waals surface area contributed by atoms with E-state index >= 15 is 0 Å². The summed E-state index contributed by atoms with van der Waals surface area (Å²) in [6.45, 7) is 6.38. The Balaban J connectivity index is 2.72. The first-order valence-electron chi connectivity index (χ1n) is 5.08. The molecule has 0 fully saturated rings. The van der Waals surface area contributed by atoms with E-state index in [0.29, 0.717) is 0 Å². The zero-order valence-electron chi connectivity index (χ0n) is 9.53. The molecule has 0 aliphatic carbocycles. The number of rotatable bonds is 4. The van der Waals surface area contributed by atoms with Crippen LogP contribution < -0.4 is 10.2 Å². The molecular weight excluding hydrogens is 206 g/mol. The first-order chi connectivity index (χ1) is 6.92. The molecule has 0 amide bonds. The fourth-order valence-electron chi connectivity index (χ4n) is 1.24. The molecule has 0 saturated heterocycles. The van der Waals surface area contributed by atoms with Crippen molar-refractivity contribution in [1.29, 1.82) is 0 Å². The van der Waals surface area contributed by atoms with Gasteiger partial charge in [0.2, 0.25) is 8.32 Å². The fraction of sp³-hybridized carbons (Fsp3) is 0.455. The van der Waals surface area contributed by atoms with E-state index in [9.17, 15) is 0 Å². The van der Waals surface area contributed by atoms with Gasteiger partial charge in [-0.3, -0.25) is 0 Å². The van der Waals surface area contributed by atoms with E-state index in [0.717, 1.165) is 11.3 Å². The van der Waals surface area contributed by atoms with Crippen molar-refractivity contribution in [3.8, 4) is 5.75 Å². The summed E-state index contributed by atoms with van der Waals surface area (Å²) in [5, 5.41) is 8.89. The zero-order valence-corrected chi connectivity index (χ0v) is 10.5. The van der Waals surface area contributed by atoms with Crippen LogP contribution in [0.5, 0.6) is 5.75 Å². The average molecular weight is 225 g/mol. The topological polar surface area (TPSA) is 55.5 Å². The maximum atomic E-state index is 8.89. The number of hydrogen-bond donors (Lipinski definition) is 2. The van der Waals surface area contributed by atoms with Gasteiger partial charge in [0.05, 0.1) is 12.6 Å². The first-order valence-corrected chi connectivity index (χ1v) is 8.48. The maximum absolute atomic E-state index is 8.89. The van der Waals surface area contributed by atoms with Crippen LogP contribution in [0.3, 0.4) is 0 Å². The lowest BCUT2D eigenvalue weighted by atomic mass is 10.1. The summed E-state index contributed by atoms with van der Waals surface area (Å²) in [4.78, 5) is 0. The number of aliphatic hydroxyl groups is 1. The predicted molar refractivity (Wildman–Crippen MR) is 64.4 cm³/mol. The highest BCUT2D eigenvalue weighted by atomic mass is 28.4. The first kappa shape index (κ1) is 12.2. The van der Waals surface area contributed by atoms with E-state index in [2.05, 4.69) is 19.6 Å². The average Bonchev–Trinajstić information content (AvgIpc) is 2.15. The molecule has 0 bridgehead atoms. The number of benzene rings is 1. The van der Waals surface area contributed by atoms with Crippen LogP contribution in [0, 0.1) is 0 Å². The van der Waals surface area contributed by atoms with Crippen molar-refractivity contribution in [2.24, 2.45) is 5.73 Å². The summed E-state index contributed by atoms with van der Waals surface area (Å²) in [5.74, 6) is 0.878. The molecule has 0 spiro atoms. The van der Waals surface area contributed by atoms with Gasteiger partial charge in [-0.25, -0.2) is 0 Å². The van der Waals surface area contributed by atoms with Crippen LogP contribution in [0.4, 0.5) is 0 Å². The van der Waals surface area contributed by atoms with Gasteiger partial charge in [-0.05, 0) is 37.3 Å². The minimum atomic E-state index is -1.53. The normalized spacial score (nSPS) is 13.7. The molecule has 84 valence electrons. The Kier molecular flexibility index (Phi) is 3.90. The van der Waals surface area contributed by atoms with Crippen molar-refractivity contribution in [2.75, 3.05) is 6.61 Å². The molecule has 0 aliphatic heterocycles. The van der Waals surface area contributed by atoms with Gasteiger partial charge in [0, 0.05) is 0 Å². The third kappa shape index (κ3) is 4.03. The van der Waals surface area contributed by atoms with Crippen LogP contribution in [0.25, 0.3) is 0 Å². The Hall–Kier alpha value is -0.843. The summed E-state index contributed by atoms with van der Waals surface area (Å²) in [6, 6.07) is 7.31. The molecule has 0 aliphatic rings. The molecule has 1 aromatic carbocycles. The Morgan fingerprint density at radius 2 is 1.80 bits per heavy atom. The lowest BCUT2D eigenvalue weighted by Gasteiger charge is -2.19. The predicted octanol–water partition coefficient (Wildman–Crippen LogP) is 1.89. The van der Waals surface area contributed by atoms with Gasteiger partial charge in [-0.15, -0.1) is 0 Å². The van der Waals surface area contributed by atoms with Crippen LogP contribution in [0.2, 0.25) is 19.6 Å². The highest BCUT2D eigenvalue weighted by molar-refractivity contribution is 6.70. The smallest absolute Gasteiger partial charge is 0.242 e.